The maximum absolute atomic E-state index is 10.4. The molecule has 17 heavy (non-hydrogen) atoms. The molecule has 0 unspecified atom stereocenters. The summed E-state index contributed by atoms with van der Waals surface area (Å²) in [7, 11) is 1.83. The van der Waals surface area contributed by atoms with Gasteiger partial charge in [0.25, 0.3) is 0 Å². The van der Waals surface area contributed by atoms with Crippen LogP contribution in [-0.2, 0) is 7.05 Å². The first-order valence-electron chi connectivity index (χ1n) is 4.94. The second-order valence-corrected chi connectivity index (χ2v) is 3.59. The van der Waals surface area contributed by atoms with Gasteiger partial charge in [-0.05, 0) is 22.9 Å². The van der Waals surface area contributed by atoms with Crippen molar-refractivity contribution < 1.29 is 4.92 Å². The van der Waals surface area contributed by atoms with E-state index in [1.807, 2.05) is 20.2 Å². The number of aromatic nitrogens is 3. The Morgan fingerprint density at radius 3 is 2.71 bits per heavy atom. The highest BCUT2D eigenvalue weighted by molar-refractivity contribution is 5.60. The zero-order chi connectivity index (χ0) is 12.4. The van der Waals surface area contributed by atoms with E-state index in [4.69, 9.17) is 0 Å². The Morgan fingerprint density at radius 1 is 1.47 bits per heavy atom. The topological polar surface area (TPSA) is 85.9 Å². The summed E-state index contributed by atoms with van der Waals surface area (Å²) in [6.07, 6.45) is 3.25. The number of hydrogen-bond donors (Lipinski definition) is 1. The van der Waals surface area contributed by atoms with Crippen molar-refractivity contribution in [3.05, 3.63) is 40.3 Å². The molecular formula is C10H11N5O2. The van der Waals surface area contributed by atoms with Crippen molar-refractivity contribution in [2.45, 2.75) is 6.92 Å². The van der Waals surface area contributed by atoms with Crippen LogP contribution in [-0.4, -0.2) is 19.7 Å². The fourth-order valence-corrected chi connectivity index (χ4v) is 1.45. The quantitative estimate of drug-likeness (QED) is 0.645. The third-order valence-corrected chi connectivity index (χ3v) is 2.23. The number of nitro groups is 1. The first-order valence-corrected chi connectivity index (χ1v) is 4.94. The molecule has 0 aliphatic rings. The van der Waals surface area contributed by atoms with E-state index in [0.29, 0.717) is 5.69 Å². The van der Waals surface area contributed by atoms with Crippen LogP contribution in [0.3, 0.4) is 0 Å². The van der Waals surface area contributed by atoms with Crippen LogP contribution in [0.5, 0.6) is 0 Å². The summed E-state index contributed by atoms with van der Waals surface area (Å²) >= 11 is 0. The van der Waals surface area contributed by atoms with Gasteiger partial charge in [0.15, 0.2) is 6.20 Å². The summed E-state index contributed by atoms with van der Waals surface area (Å²) in [6.45, 7) is 1.88. The molecule has 0 aliphatic heterocycles. The zero-order valence-electron chi connectivity index (χ0n) is 9.41. The highest BCUT2D eigenvalue weighted by atomic mass is 16.6. The van der Waals surface area contributed by atoms with Crippen LogP contribution in [0.4, 0.5) is 17.2 Å². The van der Waals surface area contributed by atoms with Crippen molar-refractivity contribution in [3.63, 3.8) is 0 Å². The highest BCUT2D eigenvalue weighted by Crippen LogP contribution is 2.19. The molecular weight excluding hydrogens is 222 g/mol. The van der Waals surface area contributed by atoms with Gasteiger partial charge in [0.05, 0.1) is 17.1 Å². The third-order valence-electron chi connectivity index (χ3n) is 2.23. The molecule has 88 valence electrons. The first kappa shape index (κ1) is 11.1. The maximum atomic E-state index is 10.4. The van der Waals surface area contributed by atoms with Crippen LogP contribution >= 0.6 is 0 Å². The Bertz CT molecular complexity index is 546. The minimum atomic E-state index is -0.529. The second-order valence-electron chi connectivity index (χ2n) is 3.59. The molecule has 0 saturated carbocycles. The van der Waals surface area contributed by atoms with Gasteiger partial charge in [0, 0.05) is 19.3 Å². The Balaban J connectivity index is 2.19. The van der Waals surface area contributed by atoms with Gasteiger partial charge in [-0.15, -0.1) is 0 Å². The molecule has 0 aliphatic carbocycles. The van der Waals surface area contributed by atoms with Gasteiger partial charge in [-0.1, -0.05) is 0 Å². The van der Waals surface area contributed by atoms with Crippen LogP contribution in [0, 0.1) is 17.0 Å². The lowest BCUT2D eigenvalue weighted by atomic mass is 10.3. The van der Waals surface area contributed by atoms with Gasteiger partial charge in [-0.2, -0.15) is 5.10 Å². The summed E-state index contributed by atoms with van der Waals surface area (Å²) in [5.41, 5.74) is 2.39. The second kappa shape index (κ2) is 4.20. The number of pyridine rings is 1. The molecule has 0 amide bonds. The predicted octanol–water partition coefficient (Wildman–Crippen LogP) is 1.78. The standard InChI is InChI=1S/C10H11N5O2/c1-7-9(6-14(2)13-7)12-8-3-4-10(11-5-8)15(16)17/h3-6,12H,1-2H3. The molecule has 2 heterocycles. The number of anilines is 2. The molecule has 0 saturated heterocycles. The molecule has 0 atom stereocenters. The largest absolute Gasteiger partial charge is 0.363 e. The summed E-state index contributed by atoms with van der Waals surface area (Å²) in [6, 6.07) is 2.96. The lowest BCUT2D eigenvalue weighted by molar-refractivity contribution is -0.389. The first-order chi connectivity index (χ1) is 8.06. The van der Waals surface area contributed by atoms with E-state index in [-0.39, 0.29) is 5.82 Å². The van der Waals surface area contributed by atoms with E-state index in [0.717, 1.165) is 11.4 Å². The summed E-state index contributed by atoms with van der Waals surface area (Å²) in [5.74, 6) is -0.168. The summed E-state index contributed by atoms with van der Waals surface area (Å²) in [4.78, 5) is 13.6. The van der Waals surface area contributed by atoms with Crippen molar-refractivity contribution in [1.82, 2.24) is 14.8 Å². The lowest BCUT2D eigenvalue weighted by Crippen LogP contribution is -1.94. The van der Waals surface area contributed by atoms with Gasteiger partial charge in [-0.25, -0.2) is 0 Å². The molecule has 7 nitrogen and oxygen atoms in total. The molecule has 0 bridgehead atoms. The van der Waals surface area contributed by atoms with E-state index >= 15 is 0 Å². The van der Waals surface area contributed by atoms with Gasteiger partial charge in [-0.3, -0.25) is 4.68 Å². The van der Waals surface area contributed by atoms with E-state index in [1.165, 1.54) is 12.3 Å². The van der Waals surface area contributed by atoms with Crippen LogP contribution in [0.1, 0.15) is 5.69 Å². The van der Waals surface area contributed by atoms with Gasteiger partial charge in [0.2, 0.25) is 0 Å². The van der Waals surface area contributed by atoms with Gasteiger partial charge in [0.1, 0.15) is 0 Å². The molecule has 2 aromatic heterocycles. The Morgan fingerprint density at radius 2 is 2.24 bits per heavy atom. The van der Waals surface area contributed by atoms with E-state index in [9.17, 15) is 10.1 Å². The van der Waals surface area contributed by atoms with E-state index in [2.05, 4.69) is 15.4 Å². The van der Waals surface area contributed by atoms with E-state index in [1.54, 1.807) is 10.7 Å². The number of rotatable bonds is 3. The molecule has 0 spiro atoms. The van der Waals surface area contributed by atoms with Crippen molar-refractivity contribution in [3.8, 4) is 0 Å². The van der Waals surface area contributed by atoms with Crippen LogP contribution < -0.4 is 5.32 Å². The Labute approximate surface area is 97.2 Å². The number of hydrogen-bond acceptors (Lipinski definition) is 5. The highest BCUT2D eigenvalue weighted by Gasteiger charge is 2.08. The number of nitrogens with zero attached hydrogens (tertiary/aromatic N) is 4. The normalized spacial score (nSPS) is 10.2. The minimum absolute atomic E-state index is 0.168. The maximum Gasteiger partial charge on any atom is 0.363 e. The van der Waals surface area contributed by atoms with Crippen LogP contribution in [0.15, 0.2) is 24.5 Å². The summed E-state index contributed by atoms with van der Waals surface area (Å²) in [5, 5.41) is 17.7. The van der Waals surface area contributed by atoms with Crippen LogP contribution in [0.25, 0.3) is 0 Å². The Kier molecular flexibility index (Phi) is 2.73. The SMILES string of the molecule is Cc1nn(C)cc1Nc1ccc([N+](=O)[O-])nc1. The van der Waals surface area contributed by atoms with Crippen molar-refractivity contribution in [1.29, 1.82) is 0 Å². The van der Waals surface area contributed by atoms with Gasteiger partial charge < -0.3 is 15.4 Å². The van der Waals surface area contributed by atoms with Gasteiger partial charge >= 0.3 is 5.82 Å². The molecule has 1 N–H and O–H groups in total. The zero-order valence-corrected chi connectivity index (χ0v) is 9.41. The van der Waals surface area contributed by atoms with Crippen LogP contribution in [0.2, 0.25) is 0 Å². The fraction of sp³-hybridized carbons (Fsp3) is 0.200. The van der Waals surface area contributed by atoms with E-state index < -0.39 is 4.92 Å². The lowest BCUT2D eigenvalue weighted by Gasteiger charge is -2.01. The van der Waals surface area contributed by atoms with Crippen molar-refractivity contribution in [2.24, 2.45) is 7.05 Å². The molecule has 0 aromatic carbocycles. The molecule has 7 heteroatoms. The van der Waals surface area contributed by atoms with Crippen molar-refractivity contribution in [2.75, 3.05) is 5.32 Å². The average molecular weight is 233 g/mol. The fourth-order valence-electron chi connectivity index (χ4n) is 1.45. The third kappa shape index (κ3) is 2.39. The molecule has 2 rings (SSSR count). The Hall–Kier alpha value is -2.44. The predicted molar refractivity (Wildman–Crippen MR) is 62.1 cm³/mol. The minimum Gasteiger partial charge on any atom is -0.358 e. The van der Waals surface area contributed by atoms with Crippen molar-refractivity contribution >= 4 is 17.2 Å². The summed E-state index contributed by atoms with van der Waals surface area (Å²) < 4.78 is 1.69. The average Bonchev–Trinajstić information content (AvgIpc) is 2.58. The molecule has 0 radical (unpaired) electrons. The monoisotopic (exact) mass is 233 g/mol. The molecule has 2 aromatic rings. The smallest absolute Gasteiger partial charge is 0.358 e. The molecule has 0 fully saturated rings. The number of aryl methyl sites for hydroxylation is 2. The number of nitrogens with one attached hydrogen (secondary N) is 1.